The number of hydrogen-bond donors (Lipinski definition) is 4. The number of benzene rings is 1. The van der Waals surface area contributed by atoms with Crippen LogP contribution in [0.4, 0.5) is 0 Å². The van der Waals surface area contributed by atoms with Gasteiger partial charge in [-0.25, -0.2) is 0 Å². The number of amides is 6. The predicted molar refractivity (Wildman–Crippen MR) is 181 cm³/mol. The van der Waals surface area contributed by atoms with Crippen LogP contribution in [0.3, 0.4) is 0 Å². The Morgan fingerprint density at radius 3 is 1.55 bits per heavy atom. The summed E-state index contributed by atoms with van der Waals surface area (Å²) in [6, 6.07) is 6.59. The molecule has 262 valence electrons. The number of carbonyl (C=O) groups is 6. The van der Waals surface area contributed by atoms with Gasteiger partial charge in [0.15, 0.2) is 0 Å². The molecule has 0 radical (unpaired) electrons. The summed E-state index contributed by atoms with van der Waals surface area (Å²) in [6.45, 7) is 9.71. The second-order valence-corrected chi connectivity index (χ2v) is 13.3. The van der Waals surface area contributed by atoms with Gasteiger partial charge in [-0.05, 0) is 39.2 Å². The fourth-order valence-corrected chi connectivity index (χ4v) is 5.40. The topological polar surface area (TPSA) is 157 Å². The van der Waals surface area contributed by atoms with E-state index in [0.717, 1.165) is 66.7 Å². The Morgan fingerprint density at radius 2 is 1.11 bits per heavy atom. The molecule has 4 N–H and O–H groups in total. The molecule has 1 aromatic carbocycles. The Bertz CT molecular complexity index is 1180. The summed E-state index contributed by atoms with van der Waals surface area (Å²) >= 11 is 0. The molecule has 0 aliphatic carbocycles. The van der Waals surface area contributed by atoms with Crippen LogP contribution in [0.25, 0.3) is 0 Å². The summed E-state index contributed by atoms with van der Waals surface area (Å²) in [6.07, 6.45) is 6.81. The summed E-state index contributed by atoms with van der Waals surface area (Å²) in [7, 11) is 0. The van der Waals surface area contributed by atoms with Crippen molar-refractivity contribution in [1.29, 1.82) is 0 Å². The average Bonchev–Trinajstić information content (AvgIpc) is 3.01. The van der Waals surface area contributed by atoms with Crippen LogP contribution in [0.5, 0.6) is 0 Å². The van der Waals surface area contributed by atoms with Crippen LogP contribution in [0.2, 0.25) is 0 Å². The van der Waals surface area contributed by atoms with Gasteiger partial charge in [0.05, 0.1) is 12.8 Å². The van der Waals surface area contributed by atoms with E-state index >= 15 is 0 Å². The number of carbonyl (C=O) groups excluding carboxylic acids is 6. The minimum absolute atomic E-state index is 0.215. The average molecular weight is 657 g/mol. The molecule has 6 amide bonds. The molecule has 1 aromatic rings. The molecule has 12 nitrogen and oxygen atoms in total. The predicted octanol–water partition coefficient (Wildman–Crippen LogP) is 2.80. The van der Waals surface area contributed by atoms with E-state index in [-0.39, 0.29) is 6.54 Å². The van der Waals surface area contributed by atoms with Crippen LogP contribution in [0.15, 0.2) is 30.3 Å². The fraction of sp³-hybridized carbons (Fsp3) is 0.657. The highest BCUT2D eigenvalue weighted by molar-refractivity contribution is 6.03. The van der Waals surface area contributed by atoms with E-state index in [0.29, 0.717) is 13.1 Å². The molecule has 2 rings (SSSR count). The lowest BCUT2D eigenvalue weighted by Gasteiger charge is -2.44. The Kier molecular flexibility index (Phi) is 17.0. The van der Waals surface area contributed by atoms with Gasteiger partial charge in [0.1, 0.15) is 25.2 Å². The van der Waals surface area contributed by atoms with Crippen LogP contribution in [-0.4, -0.2) is 89.0 Å². The SMILES string of the molecule is CCCCCCNC(=O)CN1C(=O)[C@H](CC(=O)NC(C)(C)C)N(CC(=O)NCCCCCC)C(=O)[C@@H]1CC(=O)NCc1ccccc1. The Hall–Kier alpha value is -3.96. The maximum atomic E-state index is 14.1. The molecule has 1 aliphatic heterocycles. The van der Waals surface area contributed by atoms with Crippen molar-refractivity contribution in [3.8, 4) is 0 Å². The molecule has 0 unspecified atom stereocenters. The Balaban J connectivity index is 2.32. The monoisotopic (exact) mass is 656 g/mol. The van der Waals surface area contributed by atoms with Gasteiger partial charge in [-0.1, -0.05) is 82.7 Å². The molecular formula is C35H56N6O6. The normalized spacial score (nSPS) is 16.5. The van der Waals surface area contributed by atoms with Crippen LogP contribution in [-0.2, 0) is 35.3 Å². The zero-order valence-corrected chi connectivity index (χ0v) is 29.0. The minimum Gasteiger partial charge on any atom is -0.355 e. The molecule has 1 heterocycles. The van der Waals surface area contributed by atoms with Crippen molar-refractivity contribution in [2.75, 3.05) is 26.2 Å². The zero-order valence-electron chi connectivity index (χ0n) is 29.0. The van der Waals surface area contributed by atoms with E-state index in [1.807, 2.05) is 30.3 Å². The lowest BCUT2D eigenvalue weighted by molar-refractivity contribution is -0.166. The molecule has 47 heavy (non-hydrogen) atoms. The molecule has 1 fully saturated rings. The minimum atomic E-state index is -1.33. The highest BCUT2D eigenvalue weighted by atomic mass is 16.2. The summed E-state index contributed by atoms with van der Waals surface area (Å²) in [5, 5.41) is 11.2. The Morgan fingerprint density at radius 1 is 0.638 bits per heavy atom. The molecule has 12 heteroatoms. The standard InChI is InChI=1S/C35H56N6O6/c1-6-8-10-15-19-36-31(44)24-40-27(21-29(42)38-23-26-17-13-12-14-18-26)33(46)41(25-32(45)37-20-16-11-9-7-2)28(34(40)47)22-30(43)39-35(3,4)5/h12-14,17-18,27-28H,6-11,15-16,19-25H2,1-5H3,(H,36,44)(H,37,45)(H,38,42)(H,39,43)/t27-,28-/m0/s1. The summed E-state index contributed by atoms with van der Waals surface area (Å²) in [5.74, 6) is -3.22. The zero-order chi connectivity index (χ0) is 34.8. The lowest BCUT2D eigenvalue weighted by atomic mass is 9.98. The second kappa shape index (κ2) is 20.3. The highest BCUT2D eigenvalue weighted by Crippen LogP contribution is 2.23. The van der Waals surface area contributed by atoms with Crippen molar-refractivity contribution < 1.29 is 28.8 Å². The molecule has 1 saturated heterocycles. The van der Waals surface area contributed by atoms with Gasteiger partial charge in [-0.2, -0.15) is 0 Å². The lowest BCUT2D eigenvalue weighted by Crippen LogP contribution is -2.68. The van der Waals surface area contributed by atoms with Crippen molar-refractivity contribution in [2.45, 2.75) is 123 Å². The van der Waals surface area contributed by atoms with Crippen LogP contribution >= 0.6 is 0 Å². The number of piperazine rings is 1. The number of nitrogens with one attached hydrogen (secondary N) is 4. The molecule has 2 atom stereocenters. The smallest absolute Gasteiger partial charge is 0.247 e. The van der Waals surface area contributed by atoms with Gasteiger partial charge in [-0.15, -0.1) is 0 Å². The van der Waals surface area contributed by atoms with Gasteiger partial charge >= 0.3 is 0 Å². The molecule has 1 aliphatic rings. The molecule has 0 saturated carbocycles. The summed E-state index contributed by atoms with van der Waals surface area (Å²) in [4.78, 5) is 82.7. The van der Waals surface area contributed by atoms with E-state index in [1.54, 1.807) is 20.8 Å². The molecule has 0 bridgehead atoms. The number of rotatable bonds is 20. The third-order valence-electron chi connectivity index (χ3n) is 7.83. The highest BCUT2D eigenvalue weighted by Gasteiger charge is 2.48. The summed E-state index contributed by atoms with van der Waals surface area (Å²) in [5.41, 5.74) is 0.254. The first-order chi connectivity index (χ1) is 22.4. The van der Waals surface area contributed by atoms with Crippen molar-refractivity contribution in [3.63, 3.8) is 0 Å². The van der Waals surface area contributed by atoms with Gasteiger partial charge in [0.25, 0.3) is 0 Å². The van der Waals surface area contributed by atoms with Crippen molar-refractivity contribution >= 4 is 35.4 Å². The molecule has 0 aromatic heterocycles. The van der Waals surface area contributed by atoms with E-state index < -0.39 is 79.0 Å². The first kappa shape index (κ1) is 39.2. The van der Waals surface area contributed by atoms with Crippen LogP contribution in [0.1, 0.15) is 104 Å². The van der Waals surface area contributed by atoms with E-state index in [2.05, 4.69) is 35.1 Å². The molecular weight excluding hydrogens is 600 g/mol. The first-order valence-corrected chi connectivity index (χ1v) is 17.1. The van der Waals surface area contributed by atoms with Gasteiger partial charge in [0.2, 0.25) is 35.4 Å². The van der Waals surface area contributed by atoms with E-state index in [1.165, 1.54) is 0 Å². The van der Waals surface area contributed by atoms with Crippen molar-refractivity contribution in [3.05, 3.63) is 35.9 Å². The summed E-state index contributed by atoms with van der Waals surface area (Å²) < 4.78 is 0. The van der Waals surface area contributed by atoms with Gasteiger partial charge < -0.3 is 31.1 Å². The van der Waals surface area contributed by atoms with E-state index in [9.17, 15) is 28.8 Å². The van der Waals surface area contributed by atoms with Gasteiger partial charge in [-0.3, -0.25) is 28.8 Å². The van der Waals surface area contributed by atoms with Crippen molar-refractivity contribution in [2.24, 2.45) is 0 Å². The third kappa shape index (κ3) is 14.6. The van der Waals surface area contributed by atoms with E-state index in [4.69, 9.17) is 0 Å². The number of unbranched alkanes of at least 4 members (excludes halogenated alkanes) is 6. The first-order valence-electron chi connectivity index (χ1n) is 17.1. The maximum absolute atomic E-state index is 14.1. The second-order valence-electron chi connectivity index (χ2n) is 13.3. The van der Waals surface area contributed by atoms with Crippen molar-refractivity contribution in [1.82, 2.24) is 31.1 Å². The quantitative estimate of drug-likeness (QED) is 0.158. The third-order valence-corrected chi connectivity index (χ3v) is 7.83. The van der Waals surface area contributed by atoms with Crippen LogP contribution in [0, 0.1) is 0 Å². The number of hydrogen-bond acceptors (Lipinski definition) is 6. The van der Waals surface area contributed by atoms with Gasteiger partial charge in [0, 0.05) is 25.2 Å². The fourth-order valence-electron chi connectivity index (χ4n) is 5.40. The largest absolute Gasteiger partial charge is 0.355 e. The number of nitrogens with zero attached hydrogens (tertiary/aromatic N) is 2. The maximum Gasteiger partial charge on any atom is 0.247 e. The molecule has 0 spiro atoms. The van der Waals surface area contributed by atoms with Crippen LogP contribution < -0.4 is 21.3 Å². The Labute approximate surface area is 280 Å².